The predicted molar refractivity (Wildman–Crippen MR) is 114 cm³/mol. The summed E-state index contributed by atoms with van der Waals surface area (Å²) in [5.74, 6) is 0.105. The number of nitrogens with one attached hydrogen (secondary N) is 1. The molecule has 0 radical (unpaired) electrons. The van der Waals surface area contributed by atoms with Gasteiger partial charge in [0.05, 0.1) is 12.5 Å². The number of carbonyl (C=O) groups is 2. The van der Waals surface area contributed by atoms with Crippen molar-refractivity contribution in [3.8, 4) is 0 Å². The van der Waals surface area contributed by atoms with Crippen molar-refractivity contribution in [2.75, 3.05) is 31.5 Å². The van der Waals surface area contributed by atoms with Gasteiger partial charge in [0, 0.05) is 37.9 Å². The SMILES string of the molecule is CC[C@H]1CN(C(=O)Cc2ccc(NC(=O)OC(C)(C)C)cc2)CCN1C[C@@H](C)O. The number of ether oxygens (including phenoxy) is 1. The van der Waals surface area contributed by atoms with Crippen molar-refractivity contribution in [3.05, 3.63) is 29.8 Å². The fourth-order valence-electron chi connectivity index (χ4n) is 3.50. The zero-order valence-corrected chi connectivity index (χ0v) is 18.3. The van der Waals surface area contributed by atoms with E-state index < -0.39 is 11.7 Å². The molecule has 0 saturated carbocycles. The zero-order chi connectivity index (χ0) is 21.6. The molecule has 1 aliphatic rings. The van der Waals surface area contributed by atoms with Crippen LogP contribution in [-0.4, -0.2) is 70.8 Å². The number of hydrogen-bond acceptors (Lipinski definition) is 5. The van der Waals surface area contributed by atoms with Crippen LogP contribution < -0.4 is 5.32 Å². The molecule has 7 nitrogen and oxygen atoms in total. The molecule has 0 aliphatic carbocycles. The summed E-state index contributed by atoms with van der Waals surface area (Å²) in [5, 5.41) is 12.4. The number of aliphatic hydroxyl groups is 1. The molecule has 0 unspecified atom stereocenters. The summed E-state index contributed by atoms with van der Waals surface area (Å²) in [4.78, 5) is 28.8. The topological polar surface area (TPSA) is 82.1 Å². The van der Waals surface area contributed by atoms with Gasteiger partial charge in [-0.25, -0.2) is 4.79 Å². The number of piperazine rings is 1. The van der Waals surface area contributed by atoms with Crippen molar-refractivity contribution in [2.24, 2.45) is 0 Å². The summed E-state index contributed by atoms with van der Waals surface area (Å²) in [6.45, 7) is 12.2. The third-order valence-corrected chi connectivity index (χ3v) is 4.88. The lowest BCUT2D eigenvalue weighted by Crippen LogP contribution is -2.56. The van der Waals surface area contributed by atoms with Gasteiger partial charge in [0.1, 0.15) is 5.60 Å². The fourth-order valence-corrected chi connectivity index (χ4v) is 3.50. The minimum Gasteiger partial charge on any atom is -0.444 e. The molecule has 1 heterocycles. The summed E-state index contributed by atoms with van der Waals surface area (Å²) >= 11 is 0. The van der Waals surface area contributed by atoms with Crippen molar-refractivity contribution >= 4 is 17.7 Å². The van der Waals surface area contributed by atoms with Gasteiger partial charge in [-0.2, -0.15) is 0 Å². The maximum atomic E-state index is 12.7. The lowest BCUT2D eigenvalue weighted by molar-refractivity contribution is -0.133. The molecule has 1 aromatic carbocycles. The summed E-state index contributed by atoms with van der Waals surface area (Å²) < 4.78 is 5.24. The molecule has 0 bridgehead atoms. The molecule has 2 amide bonds. The molecule has 0 aromatic heterocycles. The number of β-amino-alcohol motifs (C(OH)–C–C–N with tert-alkyl or cyclic N) is 1. The highest BCUT2D eigenvalue weighted by Crippen LogP contribution is 2.17. The van der Waals surface area contributed by atoms with Crippen molar-refractivity contribution in [3.63, 3.8) is 0 Å². The van der Waals surface area contributed by atoms with Crippen LogP contribution >= 0.6 is 0 Å². The van der Waals surface area contributed by atoms with Crippen LogP contribution in [-0.2, 0) is 16.0 Å². The van der Waals surface area contributed by atoms with E-state index in [0.29, 0.717) is 31.7 Å². The molecule has 2 N–H and O–H groups in total. The van der Waals surface area contributed by atoms with E-state index in [9.17, 15) is 14.7 Å². The van der Waals surface area contributed by atoms with Crippen molar-refractivity contribution in [2.45, 2.75) is 65.2 Å². The predicted octanol–water partition coefficient (Wildman–Crippen LogP) is 2.88. The number of rotatable bonds is 6. The van der Waals surface area contributed by atoms with Gasteiger partial charge in [-0.15, -0.1) is 0 Å². The summed E-state index contributed by atoms with van der Waals surface area (Å²) in [6.07, 6.45) is 0.419. The number of nitrogens with zero attached hydrogens (tertiary/aromatic N) is 2. The molecule has 1 aliphatic heterocycles. The molecular weight excluding hydrogens is 370 g/mol. The van der Waals surface area contributed by atoms with Crippen LogP contribution in [0.1, 0.15) is 46.6 Å². The van der Waals surface area contributed by atoms with Crippen LogP contribution in [0.3, 0.4) is 0 Å². The van der Waals surface area contributed by atoms with Gasteiger partial charge in [0.2, 0.25) is 5.91 Å². The average Bonchev–Trinajstić information content (AvgIpc) is 2.61. The van der Waals surface area contributed by atoms with Gasteiger partial charge in [-0.05, 0) is 51.8 Å². The first kappa shape index (κ1) is 23.2. The molecule has 162 valence electrons. The molecule has 1 saturated heterocycles. The third-order valence-electron chi connectivity index (χ3n) is 4.88. The average molecular weight is 406 g/mol. The van der Waals surface area contributed by atoms with E-state index in [1.54, 1.807) is 19.1 Å². The van der Waals surface area contributed by atoms with Crippen LogP contribution in [0, 0.1) is 0 Å². The number of carbonyl (C=O) groups excluding carboxylic acids is 2. The van der Waals surface area contributed by atoms with Crippen LogP contribution in [0.5, 0.6) is 0 Å². The van der Waals surface area contributed by atoms with Gasteiger partial charge >= 0.3 is 6.09 Å². The Morgan fingerprint density at radius 1 is 1.24 bits per heavy atom. The lowest BCUT2D eigenvalue weighted by Gasteiger charge is -2.41. The molecule has 0 spiro atoms. The van der Waals surface area contributed by atoms with E-state index in [2.05, 4.69) is 17.1 Å². The van der Waals surface area contributed by atoms with Gasteiger partial charge in [0.15, 0.2) is 0 Å². The maximum absolute atomic E-state index is 12.7. The fraction of sp³-hybridized carbons (Fsp3) is 0.636. The largest absolute Gasteiger partial charge is 0.444 e. The Balaban J connectivity index is 1.88. The van der Waals surface area contributed by atoms with Crippen LogP contribution in [0.15, 0.2) is 24.3 Å². The van der Waals surface area contributed by atoms with E-state index >= 15 is 0 Å². The number of aliphatic hydroxyl groups excluding tert-OH is 1. The highest BCUT2D eigenvalue weighted by molar-refractivity contribution is 5.85. The molecule has 29 heavy (non-hydrogen) atoms. The second-order valence-corrected chi connectivity index (χ2v) is 8.75. The van der Waals surface area contributed by atoms with E-state index in [4.69, 9.17) is 4.74 Å². The second kappa shape index (κ2) is 10.1. The number of amides is 2. The molecule has 7 heteroatoms. The highest BCUT2D eigenvalue weighted by atomic mass is 16.6. The van der Waals surface area contributed by atoms with Crippen LogP contribution in [0.2, 0.25) is 0 Å². The van der Waals surface area contributed by atoms with E-state index in [0.717, 1.165) is 18.5 Å². The lowest BCUT2D eigenvalue weighted by atomic mass is 10.1. The Labute approximate surface area is 174 Å². The van der Waals surface area contributed by atoms with Gasteiger partial charge in [-0.3, -0.25) is 15.0 Å². The van der Waals surface area contributed by atoms with E-state index in [1.807, 2.05) is 37.8 Å². The van der Waals surface area contributed by atoms with Gasteiger partial charge < -0.3 is 14.7 Å². The monoisotopic (exact) mass is 405 g/mol. The number of hydrogen-bond donors (Lipinski definition) is 2. The molecular formula is C22H35N3O4. The standard InChI is InChI=1S/C22H35N3O4/c1-6-19-15-25(12-11-24(19)14-16(2)26)20(27)13-17-7-9-18(10-8-17)23-21(28)29-22(3,4)5/h7-10,16,19,26H,6,11-15H2,1-5H3,(H,23,28)/t16-,19+/m1/s1. The first-order valence-corrected chi connectivity index (χ1v) is 10.4. The van der Waals surface area contributed by atoms with Gasteiger partial charge in [-0.1, -0.05) is 19.1 Å². The Morgan fingerprint density at radius 3 is 2.45 bits per heavy atom. The highest BCUT2D eigenvalue weighted by Gasteiger charge is 2.28. The Kier molecular flexibility index (Phi) is 8.05. The minimum atomic E-state index is -0.550. The maximum Gasteiger partial charge on any atom is 0.412 e. The smallest absolute Gasteiger partial charge is 0.412 e. The summed E-state index contributed by atoms with van der Waals surface area (Å²) in [7, 11) is 0. The molecule has 2 atom stereocenters. The Bertz CT molecular complexity index is 682. The normalized spacial score (nSPS) is 19.0. The van der Waals surface area contributed by atoms with Crippen molar-refractivity contribution in [1.82, 2.24) is 9.80 Å². The minimum absolute atomic E-state index is 0.105. The quantitative estimate of drug-likeness (QED) is 0.761. The second-order valence-electron chi connectivity index (χ2n) is 8.75. The van der Waals surface area contributed by atoms with Crippen LogP contribution in [0.25, 0.3) is 0 Å². The van der Waals surface area contributed by atoms with Gasteiger partial charge in [0.25, 0.3) is 0 Å². The third kappa shape index (κ3) is 7.66. The molecule has 2 rings (SSSR count). The number of anilines is 1. The summed E-state index contributed by atoms with van der Waals surface area (Å²) in [5.41, 5.74) is 0.990. The Morgan fingerprint density at radius 2 is 1.90 bits per heavy atom. The Hall–Kier alpha value is -2.12. The first-order valence-electron chi connectivity index (χ1n) is 10.4. The summed E-state index contributed by atoms with van der Waals surface area (Å²) in [6, 6.07) is 7.55. The van der Waals surface area contributed by atoms with Crippen molar-refractivity contribution in [1.29, 1.82) is 0 Å². The molecule has 1 aromatic rings. The first-order chi connectivity index (χ1) is 13.6. The van der Waals surface area contributed by atoms with Crippen LogP contribution in [0.4, 0.5) is 10.5 Å². The molecule has 1 fully saturated rings. The van der Waals surface area contributed by atoms with Crippen molar-refractivity contribution < 1.29 is 19.4 Å². The number of benzene rings is 1. The zero-order valence-electron chi connectivity index (χ0n) is 18.3. The van der Waals surface area contributed by atoms with E-state index in [1.165, 1.54) is 0 Å². The van der Waals surface area contributed by atoms with E-state index in [-0.39, 0.29) is 18.1 Å².